The monoisotopic (exact) mass is 200 g/mol. The smallest absolute Gasteiger partial charge is 0.183 e. The lowest BCUT2D eigenvalue weighted by molar-refractivity contribution is 0.282. The molecule has 0 saturated carbocycles. The van der Waals surface area contributed by atoms with Gasteiger partial charge in [0.25, 0.3) is 0 Å². The molecule has 0 bridgehead atoms. The molecule has 0 aliphatic heterocycles. The molecule has 0 aromatic carbocycles. The van der Waals surface area contributed by atoms with Gasteiger partial charge in [0.15, 0.2) is 5.13 Å². The fraction of sp³-hybridized carbons (Fsp3) is 0.667. The molecule has 1 heterocycles. The van der Waals surface area contributed by atoms with Crippen LogP contribution >= 0.6 is 11.3 Å². The Bertz CT molecular complexity index is 253. The molecule has 0 fully saturated rings. The van der Waals surface area contributed by atoms with E-state index in [1.54, 1.807) is 11.3 Å². The molecule has 74 valence electrons. The number of thiazole rings is 1. The van der Waals surface area contributed by atoms with Crippen molar-refractivity contribution in [3.63, 3.8) is 0 Å². The number of nitrogens with zero attached hydrogens (tertiary/aromatic N) is 1. The van der Waals surface area contributed by atoms with Crippen molar-refractivity contribution in [2.24, 2.45) is 0 Å². The first kappa shape index (κ1) is 10.5. The van der Waals surface area contributed by atoms with Gasteiger partial charge in [-0.05, 0) is 27.2 Å². The van der Waals surface area contributed by atoms with Gasteiger partial charge in [-0.1, -0.05) is 0 Å². The molecule has 1 aromatic heterocycles. The maximum absolute atomic E-state index is 8.72. The third-order valence-corrected chi connectivity index (χ3v) is 2.96. The number of nitrogens with one attached hydrogen (secondary N) is 1. The first-order valence-corrected chi connectivity index (χ1v) is 5.26. The molecule has 13 heavy (non-hydrogen) atoms. The number of anilines is 1. The Balaban J connectivity index is 2.53. The zero-order valence-electron chi connectivity index (χ0n) is 8.29. The van der Waals surface area contributed by atoms with Crippen LogP contribution in [0.2, 0.25) is 0 Å². The number of aryl methyl sites for hydroxylation is 2. The molecule has 0 spiro atoms. The number of rotatable bonds is 4. The quantitative estimate of drug-likeness (QED) is 0.780. The summed E-state index contributed by atoms with van der Waals surface area (Å²) in [5, 5.41) is 12.9. The van der Waals surface area contributed by atoms with E-state index in [-0.39, 0.29) is 12.6 Å². The predicted molar refractivity (Wildman–Crippen MR) is 56.4 cm³/mol. The van der Waals surface area contributed by atoms with Crippen molar-refractivity contribution in [1.29, 1.82) is 0 Å². The van der Waals surface area contributed by atoms with Crippen molar-refractivity contribution in [3.05, 3.63) is 10.6 Å². The van der Waals surface area contributed by atoms with Gasteiger partial charge in [-0.25, -0.2) is 4.98 Å². The highest BCUT2D eigenvalue weighted by Gasteiger charge is 2.06. The van der Waals surface area contributed by atoms with Crippen LogP contribution in [0.15, 0.2) is 0 Å². The summed E-state index contributed by atoms with van der Waals surface area (Å²) < 4.78 is 0. The van der Waals surface area contributed by atoms with E-state index in [0.717, 1.165) is 17.2 Å². The van der Waals surface area contributed by atoms with Gasteiger partial charge in [-0.2, -0.15) is 0 Å². The lowest BCUT2D eigenvalue weighted by Gasteiger charge is -2.10. The second kappa shape index (κ2) is 4.58. The third kappa shape index (κ3) is 2.97. The van der Waals surface area contributed by atoms with Crippen LogP contribution in [-0.2, 0) is 0 Å². The summed E-state index contributed by atoms with van der Waals surface area (Å²) in [7, 11) is 0. The minimum Gasteiger partial charge on any atom is -0.396 e. The normalized spacial score (nSPS) is 12.9. The molecule has 0 aliphatic rings. The van der Waals surface area contributed by atoms with Crippen molar-refractivity contribution in [1.82, 2.24) is 4.98 Å². The van der Waals surface area contributed by atoms with E-state index in [1.165, 1.54) is 4.88 Å². The van der Waals surface area contributed by atoms with E-state index in [4.69, 9.17) is 5.11 Å². The summed E-state index contributed by atoms with van der Waals surface area (Å²) >= 11 is 1.66. The van der Waals surface area contributed by atoms with Gasteiger partial charge in [-0.3, -0.25) is 0 Å². The number of aromatic nitrogens is 1. The van der Waals surface area contributed by atoms with Crippen LogP contribution in [0, 0.1) is 13.8 Å². The first-order valence-electron chi connectivity index (χ1n) is 4.45. The minimum atomic E-state index is 0.220. The van der Waals surface area contributed by atoms with Crippen LogP contribution in [0.3, 0.4) is 0 Å². The topological polar surface area (TPSA) is 45.2 Å². The zero-order valence-corrected chi connectivity index (χ0v) is 9.11. The second-order valence-corrected chi connectivity index (χ2v) is 4.42. The standard InChI is InChI=1S/C9H16N2OS/c1-6(4-5-12)10-9-11-7(2)8(3)13-9/h6,12H,4-5H2,1-3H3,(H,10,11)/t6-/m0/s1. The van der Waals surface area contributed by atoms with Gasteiger partial charge >= 0.3 is 0 Å². The van der Waals surface area contributed by atoms with Crippen molar-refractivity contribution in [2.75, 3.05) is 11.9 Å². The second-order valence-electron chi connectivity index (χ2n) is 3.22. The van der Waals surface area contributed by atoms with Crippen LogP contribution in [-0.4, -0.2) is 22.7 Å². The van der Waals surface area contributed by atoms with Crippen molar-refractivity contribution >= 4 is 16.5 Å². The zero-order chi connectivity index (χ0) is 9.84. The first-order chi connectivity index (χ1) is 6.13. The average molecular weight is 200 g/mol. The number of hydrogen-bond donors (Lipinski definition) is 2. The highest BCUT2D eigenvalue weighted by Crippen LogP contribution is 2.21. The summed E-state index contributed by atoms with van der Waals surface area (Å²) in [5.41, 5.74) is 1.09. The summed E-state index contributed by atoms with van der Waals surface area (Å²) in [4.78, 5) is 5.61. The van der Waals surface area contributed by atoms with Gasteiger partial charge < -0.3 is 10.4 Å². The largest absolute Gasteiger partial charge is 0.396 e. The van der Waals surface area contributed by atoms with Gasteiger partial charge in [0.05, 0.1) is 5.69 Å². The molecule has 1 rings (SSSR count). The molecule has 0 saturated heterocycles. The summed E-state index contributed by atoms with van der Waals surface area (Å²) in [6.07, 6.45) is 0.762. The van der Waals surface area contributed by atoms with E-state index >= 15 is 0 Å². The Labute approximate surface area is 82.8 Å². The highest BCUT2D eigenvalue weighted by atomic mass is 32.1. The molecule has 0 unspecified atom stereocenters. The van der Waals surface area contributed by atoms with Crippen LogP contribution < -0.4 is 5.32 Å². The lowest BCUT2D eigenvalue weighted by Crippen LogP contribution is -2.16. The van der Waals surface area contributed by atoms with E-state index in [0.29, 0.717) is 0 Å². The minimum absolute atomic E-state index is 0.220. The van der Waals surface area contributed by atoms with E-state index < -0.39 is 0 Å². The number of hydrogen-bond acceptors (Lipinski definition) is 4. The van der Waals surface area contributed by atoms with Gasteiger partial charge in [-0.15, -0.1) is 11.3 Å². The molecule has 1 atom stereocenters. The van der Waals surface area contributed by atoms with Crippen LogP contribution in [0.1, 0.15) is 23.9 Å². The Kier molecular flexibility index (Phi) is 3.69. The molecule has 0 radical (unpaired) electrons. The average Bonchev–Trinajstić information content (AvgIpc) is 2.31. The molecule has 4 heteroatoms. The van der Waals surface area contributed by atoms with Crippen LogP contribution in [0.4, 0.5) is 5.13 Å². The van der Waals surface area contributed by atoms with Gasteiger partial charge in [0, 0.05) is 17.5 Å². The third-order valence-electron chi connectivity index (χ3n) is 1.96. The molecular formula is C9H16N2OS. The molecule has 0 aliphatic carbocycles. The Morgan fingerprint density at radius 3 is 2.69 bits per heavy atom. The maximum atomic E-state index is 8.72. The van der Waals surface area contributed by atoms with Crippen molar-refractivity contribution < 1.29 is 5.11 Å². The van der Waals surface area contributed by atoms with Crippen molar-refractivity contribution in [3.8, 4) is 0 Å². The molecule has 0 amide bonds. The summed E-state index contributed by atoms with van der Waals surface area (Å²) in [5.74, 6) is 0. The molecule has 3 nitrogen and oxygen atoms in total. The summed E-state index contributed by atoms with van der Waals surface area (Å²) in [6, 6.07) is 0.287. The Morgan fingerprint density at radius 2 is 2.23 bits per heavy atom. The van der Waals surface area contributed by atoms with Gasteiger partial charge in [0.2, 0.25) is 0 Å². The predicted octanol–water partition coefficient (Wildman–Crippen LogP) is 1.94. The van der Waals surface area contributed by atoms with E-state index in [2.05, 4.69) is 17.2 Å². The number of aliphatic hydroxyl groups is 1. The van der Waals surface area contributed by atoms with Crippen LogP contribution in [0.5, 0.6) is 0 Å². The maximum Gasteiger partial charge on any atom is 0.183 e. The van der Waals surface area contributed by atoms with Crippen molar-refractivity contribution in [2.45, 2.75) is 33.2 Å². The lowest BCUT2D eigenvalue weighted by atomic mass is 10.2. The summed E-state index contributed by atoms with van der Waals surface area (Å²) in [6.45, 7) is 6.34. The van der Waals surface area contributed by atoms with E-state index in [9.17, 15) is 0 Å². The van der Waals surface area contributed by atoms with Gasteiger partial charge in [0.1, 0.15) is 0 Å². The Morgan fingerprint density at radius 1 is 1.54 bits per heavy atom. The highest BCUT2D eigenvalue weighted by molar-refractivity contribution is 7.15. The Hall–Kier alpha value is -0.610. The molecular weight excluding hydrogens is 184 g/mol. The van der Waals surface area contributed by atoms with Crippen LogP contribution in [0.25, 0.3) is 0 Å². The fourth-order valence-electron chi connectivity index (χ4n) is 1.01. The van der Waals surface area contributed by atoms with E-state index in [1.807, 2.05) is 13.8 Å². The fourth-order valence-corrected chi connectivity index (χ4v) is 1.94. The number of aliphatic hydroxyl groups excluding tert-OH is 1. The molecule has 1 aromatic rings. The molecule has 2 N–H and O–H groups in total. The SMILES string of the molecule is Cc1nc(N[C@@H](C)CCO)sc1C.